The third kappa shape index (κ3) is 4.35. The Morgan fingerprint density at radius 1 is 1.46 bits per heavy atom. The lowest BCUT2D eigenvalue weighted by Crippen LogP contribution is -2.41. The van der Waals surface area contributed by atoms with Crippen molar-refractivity contribution < 1.29 is 9.47 Å². The van der Waals surface area contributed by atoms with Crippen molar-refractivity contribution in [3.05, 3.63) is 28.2 Å². The number of likely N-dealkylation sites (tertiary alicyclic amines) is 1. The predicted octanol–water partition coefficient (Wildman–Crippen LogP) is 3.26. The maximum absolute atomic E-state index is 5.61. The number of nitrogens with zero attached hydrogens (tertiary/aromatic N) is 2. The van der Waals surface area contributed by atoms with Crippen molar-refractivity contribution in [3.8, 4) is 5.75 Å². The van der Waals surface area contributed by atoms with Crippen LogP contribution in [0.3, 0.4) is 0 Å². The molecule has 1 N–H and O–H groups in total. The SMILES string of the molecule is CN=C(NCc1cc(Br)ccc1OC)N1CCC2(CCOC2)C1.I. The van der Waals surface area contributed by atoms with Crippen LogP contribution in [-0.2, 0) is 11.3 Å². The molecule has 0 amide bonds. The lowest BCUT2D eigenvalue weighted by Gasteiger charge is -2.25. The Labute approximate surface area is 169 Å². The van der Waals surface area contributed by atoms with E-state index in [9.17, 15) is 0 Å². The summed E-state index contributed by atoms with van der Waals surface area (Å²) in [5.41, 5.74) is 1.45. The molecular formula is C17H25BrIN3O2. The molecule has 7 heteroatoms. The van der Waals surface area contributed by atoms with E-state index in [1.165, 1.54) is 12.8 Å². The first-order chi connectivity index (χ1) is 11.2. The Morgan fingerprint density at radius 2 is 2.29 bits per heavy atom. The molecule has 2 aliphatic heterocycles. The van der Waals surface area contributed by atoms with Crippen LogP contribution in [-0.4, -0.2) is 51.3 Å². The number of hydrogen-bond acceptors (Lipinski definition) is 3. The molecule has 24 heavy (non-hydrogen) atoms. The van der Waals surface area contributed by atoms with Crippen LogP contribution in [0, 0.1) is 5.41 Å². The van der Waals surface area contributed by atoms with Crippen molar-refractivity contribution in [1.29, 1.82) is 0 Å². The van der Waals surface area contributed by atoms with Gasteiger partial charge in [0.05, 0.1) is 13.7 Å². The minimum Gasteiger partial charge on any atom is -0.496 e. The Kier molecular flexibility index (Phi) is 7.18. The van der Waals surface area contributed by atoms with E-state index < -0.39 is 0 Å². The molecule has 0 saturated carbocycles. The van der Waals surface area contributed by atoms with E-state index in [1.807, 2.05) is 19.2 Å². The zero-order valence-corrected chi connectivity index (χ0v) is 18.1. The molecular weight excluding hydrogens is 485 g/mol. The van der Waals surface area contributed by atoms with Crippen LogP contribution < -0.4 is 10.1 Å². The number of ether oxygens (including phenoxy) is 2. The fourth-order valence-electron chi connectivity index (χ4n) is 3.48. The highest BCUT2D eigenvalue weighted by atomic mass is 127. The molecule has 0 bridgehead atoms. The van der Waals surface area contributed by atoms with Crippen molar-refractivity contribution in [2.45, 2.75) is 19.4 Å². The van der Waals surface area contributed by atoms with Gasteiger partial charge in [-0.05, 0) is 31.0 Å². The van der Waals surface area contributed by atoms with E-state index in [4.69, 9.17) is 9.47 Å². The summed E-state index contributed by atoms with van der Waals surface area (Å²) in [5.74, 6) is 1.84. The summed E-state index contributed by atoms with van der Waals surface area (Å²) < 4.78 is 12.1. The summed E-state index contributed by atoms with van der Waals surface area (Å²) >= 11 is 3.52. The lowest BCUT2D eigenvalue weighted by atomic mass is 9.87. The lowest BCUT2D eigenvalue weighted by molar-refractivity contribution is 0.156. The number of nitrogens with one attached hydrogen (secondary N) is 1. The van der Waals surface area contributed by atoms with Gasteiger partial charge in [-0.2, -0.15) is 0 Å². The molecule has 1 aromatic carbocycles. The molecule has 0 aromatic heterocycles. The predicted molar refractivity (Wildman–Crippen MR) is 110 cm³/mol. The minimum absolute atomic E-state index is 0. The van der Waals surface area contributed by atoms with Crippen LogP contribution in [0.2, 0.25) is 0 Å². The summed E-state index contributed by atoms with van der Waals surface area (Å²) in [6.45, 7) is 4.55. The van der Waals surface area contributed by atoms with Gasteiger partial charge in [0, 0.05) is 48.7 Å². The standard InChI is InChI=1S/C17H24BrN3O2.HI/c1-19-16(21-7-5-17(11-21)6-8-23-12-17)20-10-13-9-14(18)3-4-15(13)22-2;/h3-4,9H,5-8,10-12H2,1-2H3,(H,19,20);1H. The van der Waals surface area contributed by atoms with Crippen molar-refractivity contribution >= 4 is 45.9 Å². The van der Waals surface area contributed by atoms with Gasteiger partial charge in [-0.1, -0.05) is 15.9 Å². The van der Waals surface area contributed by atoms with E-state index in [-0.39, 0.29) is 24.0 Å². The van der Waals surface area contributed by atoms with Gasteiger partial charge in [0.15, 0.2) is 5.96 Å². The summed E-state index contributed by atoms with van der Waals surface area (Å²) in [5, 5.41) is 3.47. The van der Waals surface area contributed by atoms with Crippen LogP contribution in [0.1, 0.15) is 18.4 Å². The van der Waals surface area contributed by atoms with Crippen molar-refractivity contribution in [2.24, 2.45) is 10.4 Å². The fraction of sp³-hybridized carbons (Fsp3) is 0.588. The molecule has 1 unspecified atom stereocenters. The Bertz CT molecular complexity index is 591. The molecule has 1 aromatic rings. The van der Waals surface area contributed by atoms with Gasteiger partial charge in [-0.3, -0.25) is 4.99 Å². The highest BCUT2D eigenvalue weighted by Crippen LogP contribution is 2.38. The summed E-state index contributed by atoms with van der Waals surface area (Å²) in [6, 6.07) is 6.04. The minimum atomic E-state index is 0. The van der Waals surface area contributed by atoms with Crippen LogP contribution in [0.25, 0.3) is 0 Å². The zero-order chi connectivity index (χ0) is 16.3. The second kappa shape index (κ2) is 8.71. The van der Waals surface area contributed by atoms with Crippen LogP contribution in [0.4, 0.5) is 0 Å². The first kappa shape index (κ1) is 19.8. The molecule has 2 fully saturated rings. The second-order valence-electron chi connectivity index (χ2n) is 6.33. The van der Waals surface area contributed by atoms with E-state index >= 15 is 0 Å². The zero-order valence-electron chi connectivity index (χ0n) is 14.2. The Morgan fingerprint density at radius 3 is 2.96 bits per heavy atom. The Hall–Kier alpha value is -0.540. The first-order valence-corrected chi connectivity index (χ1v) is 8.81. The smallest absolute Gasteiger partial charge is 0.193 e. The molecule has 3 rings (SSSR count). The van der Waals surface area contributed by atoms with Gasteiger partial charge in [0.2, 0.25) is 0 Å². The maximum atomic E-state index is 5.61. The molecule has 0 aliphatic carbocycles. The third-order valence-corrected chi connectivity index (χ3v) is 5.31. The van der Waals surface area contributed by atoms with E-state index in [0.29, 0.717) is 12.0 Å². The molecule has 2 heterocycles. The van der Waals surface area contributed by atoms with Gasteiger partial charge in [0.1, 0.15) is 5.75 Å². The monoisotopic (exact) mass is 509 g/mol. The molecule has 2 saturated heterocycles. The summed E-state index contributed by atoms with van der Waals surface area (Å²) in [7, 11) is 3.54. The molecule has 1 atom stereocenters. The molecule has 134 valence electrons. The number of halogens is 2. The van der Waals surface area contributed by atoms with E-state index in [2.05, 4.69) is 37.2 Å². The average Bonchev–Trinajstić information content (AvgIpc) is 3.19. The normalized spacial score (nSPS) is 23.5. The quantitative estimate of drug-likeness (QED) is 0.386. The van der Waals surface area contributed by atoms with Gasteiger partial charge < -0.3 is 19.7 Å². The molecule has 2 aliphatic rings. The van der Waals surface area contributed by atoms with Gasteiger partial charge >= 0.3 is 0 Å². The first-order valence-electron chi connectivity index (χ1n) is 8.01. The van der Waals surface area contributed by atoms with Gasteiger partial charge in [-0.25, -0.2) is 0 Å². The van der Waals surface area contributed by atoms with E-state index in [0.717, 1.165) is 48.0 Å². The highest BCUT2D eigenvalue weighted by Gasteiger charge is 2.42. The maximum Gasteiger partial charge on any atom is 0.193 e. The number of benzene rings is 1. The summed E-state index contributed by atoms with van der Waals surface area (Å²) in [4.78, 5) is 6.80. The number of rotatable bonds is 3. The molecule has 1 spiro atoms. The van der Waals surface area contributed by atoms with Crippen LogP contribution in [0.5, 0.6) is 5.75 Å². The largest absolute Gasteiger partial charge is 0.496 e. The summed E-state index contributed by atoms with van der Waals surface area (Å²) in [6.07, 6.45) is 2.36. The van der Waals surface area contributed by atoms with Crippen molar-refractivity contribution in [2.75, 3.05) is 40.5 Å². The second-order valence-corrected chi connectivity index (χ2v) is 7.25. The number of guanidine groups is 1. The number of methoxy groups -OCH3 is 1. The Balaban J connectivity index is 0.00000208. The number of aliphatic imine (C=N–C) groups is 1. The molecule has 5 nitrogen and oxygen atoms in total. The topological polar surface area (TPSA) is 46.1 Å². The van der Waals surface area contributed by atoms with Crippen molar-refractivity contribution in [1.82, 2.24) is 10.2 Å². The van der Waals surface area contributed by atoms with E-state index in [1.54, 1.807) is 7.11 Å². The molecule has 0 radical (unpaired) electrons. The fourth-order valence-corrected chi connectivity index (χ4v) is 3.89. The third-order valence-electron chi connectivity index (χ3n) is 4.81. The van der Waals surface area contributed by atoms with Crippen LogP contribution in [0.15, 0.2) is 27.7 Å². The number of hydrogen-bond donors (Lipinski definition) is 1. The van der Waals surface area contributed by atoms with Crippen molar-refractivity contribution in [3.63, 3.8) is 0 Å². The van der Waals surface area contributed by atoms with Crippen LogP contribution >= 0.6 is 39.9 Å². The highest BCUT2D eigenvalue weighted by molar-refractivity contribution is 14.0. The van der Waals surface area contributed by atoms with Gasteiger partial charge in [0.25, 0.3) is 0 Å². The average molecular weight is 510 g/mol. The van der Waals surface area contributed by atoms with Gasteiger partial charge in [-0.15, -0.1) is 24.0 Å².